The lowest BCUT2D eigenvalue weighted by atomic mass is 10.2. The van der Waals surface area contributed by atoms with Gasteiger partial charge in [0.05, 0.1) is 10.5 Å². The summed E-state index contributed by atoms with van der Waals surface area (Å²) in [5.74, 6) is -1.20. The molecular weight excluding hydrogens is 334 g/mol. The molecule has 0 bridgehead atoms. The number of hydrazine groups is 1. The number of aromatic amines is 1. The molecule has 1 aliphatic rings. The number of amides is 2. The standard InChI is InChI=1S/C15H11N3O3S2/c19-11-6-2-1-5-10(11)13(20)17-18-14(21)12(23-15(18)22)8-9-4-3-7-16-9/h1-8,16,19H,(H,17,20). The fourth-order valence-electron chi connectivity index (χ4n) is 1.97. The third-order valence-corrected chi connectivity index (χ3v) is 4.37. The van der Waals surface area contributed by atoms with Crippen molar-refractivity contribution >= 4 is 46.2 Å². The summed E-state index contributed by atoms with van der Waals surface area (Å²) in [5.41, 5.74) is 3.24. The van der Waals surface area contributed by atoms with Crippen LogP contribution in [0.15, 0.2) is 47.5 Å². The number of aromatic nitrogens is 1. The SMILES string of the molecule is O=C(NN1C(=O)C(=Cc2ccc[nH]2)SC1=S)c1ccccc1O. The Morgan fingerprint density at radius 2 is 2.09 bits per heavy atom. The molecule has 1 aromatic carbocycles. The largest absolute Gasteiger partial charge is 0.507 e. The van der Waals surface area contributed by atoms with Crippen molar-refractivity contribution in [1.29, 1.82) is 0 Å². The monoisotopic (exact) mass is 345 g/mol. The third-order valence-electron chi connectivity index (χ3n) is 3.06. The predicted molar refractivity (Wildman–Crippen MR) is 91.4 cm³/mol. The molecule has 1 saturated heterocycles. The van der Waals surface area contributed by atoms with Gasteiger partial charge < -0.3 is 10.1 Å². The van der Waals surface area contributed by atoms with Crippen LogP contribution >= 0.6 is 24.0 Å². The summed E-state index contributed by atoms with van der Waals surface area (Å²) in [5, 5.41) is 10.7. The summed E-state index contributed by atoms with van der Waals surface area (Å²) in [4.78, 5) is 27.9. The third kappa shape index (κ3) is 3.13. The number of rotatable bonds is 3. The number of benzene rings is 1. The Morgan fingerprint density at radius 1 is 1.30 bits per heavy atom. The van der Waals surface area contributed by atoms with E-state index in [0.717, 1.165) is 22.5 Å². The minimum Gasteiger partial charge on any atom is -0.507 e. The molecule has 6 nitrogen and oxygen atoms in total. The average molecular weight is 345 g/mol. The van der Waals surface area contributed by atoms with Crippen molar-refractivity contribution in [2.45, 2.75) is 0 Å². The molecule has 1 fully saturated rings. The van der Waals surface area contributed by atoms with Crippen LogP contribution in [0.25, 0.3) is 6.08 Å². The lowest BCUT2D eigenvalue weighted by Crippen LogP contribution is -2.44. The minimum absolute atomic E-state index is 0.0647. The van der Waals surface area contributed by atoms with E-state index < -0.39 is 11.8 Å². The normalized spacial score (nSPS) is 16.2. The molecule has 0 aliphatic carbocycles. The van der Waals surface area contributed by atoms with E-state index in [4.69, 9.17) is 12.2 Å². The first kappa shape index (κ1) is 15.3. The van der Waals surface area contributed by atoms with Gasteiger partial charge in [0.2, 0.25) is 0 Å². The number of phenols is 1. The van der Waals surface area contributed by atoms with Gasteiger partial charge in [0.15, 0.2) is 4.32 Å². The number of thioether (sulfide) groups is 1. The van der Waals surface area contributed by atoms with Crippen LogP contribution in [-0.2, 0) is 4.79 Å². The number of H-pyrrole nitrogens is 1. The molecule has 116 valence electrons. The minimum atomic E-state index is -0.611. The van der Waals surface area contributed by atoms with Crippen molar-refractivity contribution in [3.63, 3.8) is 0 Å². The summed E-state index contributed by atoms with van der Waals surface area (Å²) >= 11 is 6.22. The molecule has 0 spiro atoms. The Morgan fingerprint density at radius 3 is 2.78 bits per heavy atom. The molecule has 2 amide bonds. The maximum atomic E-state index is 12.4. The highest BCUT2D eigenvalue weighted by molar-refractivity contribution is 8.26. The number of carbonyl (C=O) groups is 2. The van der Waals surface area contributed by atoms with Crippen LogP contribution in [-0.4, -0.2) is 31.2 Å². The topological polar surface area (TPSA) is 85.4 Å². The van der Waals surface area contributed by atoms with E-state index in [1.54, 1.807) is 24.4 Å². The van der Waals surface area contributed by atoms with Gasteiger partial charge in [-0.25, -0.2) is 0 Å². The van der Waals surface area contributed by atoms with E-state index in [0.29, 0.717) is 4.91 Å². The Labute approximate surface area is 141 Å². The van der Waals surface area contributed by atoms with Crippen LogP contribution in [0.4, 0.5) is 0 Å². The van der Waals surface area contributed by atoms with E-state index >= 15 is 0 Å². The first-order chi connectivity index (χ1) is 11.1. The van der Waals surface area contributed by atoms with Gasteiger partial charge >= 0.3 is 0 Å². The molecule has 23 heavy (non-hydrogen) atoms. The lowest BCUT2D eigenvalue weighted by molar-refractivity contribution is -0.123. The van der Waals surface area contributed by atoms with Gasteiger partial charge in [-0.2, -0.15) is 5.01 Å². The average Bonchev–Trinajstić information content (AvgIpc) is 3.12. The number of carbonyl (C=O) groups excluding carboxylic acids is 2. The van der Waals surface area contributed by atoms with Crippen molar-refractivity contribution < 1.29 is 14.7 Å². The number of thiocarbonyl (C=S) groups is 1. The van der Waals surface area contributed by atoms with Gasteiger partial charge in [-0.05, 0) is 42.6 Å². The van der Waals surface area contributed by atoms with Crippen molar-refractivity contribution in [3.05, 3.63) is 58.8 Å². The van der Waals surface area contributed by atoms with Crippen LogP contribution < -0.4 is 5.43 Å². The summed E-state index contributed by atoms with van der Waals surface area (Å²) in [7, 11) is 0. The second-order valence-electron chi connectivity index (χ2n) is 4.60. The van der Waals surface area contributed by atoms with E-state index in [1.165, 1.54) is 12.1 Å². The highest BCUT2D eigenvalue weighted by atomic mass is 32.2. The molecular formula is C15H11N3O3S2. The zero-order valence-electron chi connectivity index (χ0n) is 11.6. The number of para-hydroxylation sites is 1. The highest BCUT2D eigenvalue weighted by Gasteiger charge is 2.34. The molecule has 3 N–H and O–H groups in total. The summed E-state index contributed by atoms with van der Waals surface area (Å²) in [6.45, 7) is 0. The first-order valence-electron chi connectivity index (χ1n) is 6.56. The molecule has 2 heterocycles. The molecule has 1 aliphatic heterocycles. The number of hydrogen-bond donors (Lipinski definition) is 3. The highest BCUT2D eigenvalue weighted by Crippen LogP contribution is 2.31. The summed E-state index contributed by atoms with van der Waals surface area (Å²) in [6.07, 6.45) is 3.40. The fourth-order valence-corrected chi connectivity index (χ4v) is 3.14. The zero-order valence-corrected chi connectivity index (χ0v) is 13.3. The van der Waals surface area contributed by atoms with Crippen LogP contribution in [0.2, 0.25) is 0 Å². The Bertz CT molecular complexity index is 815. The number of nitrogens with one attached hydrogen (secondary N) is 2. The van der Waals surface area contributed by atoms with Gasteiger partial charge in [-0.1, -0.05) is 23.9 Å². The van der Waals surface area contributed by atoms with Gasteiger partial charge in [-0.15, -0.1) is 0 Å². The quantitative estimate of drug-likeness (QED) is 0.587. The Kier molecular flexibility index (Phi) is 4.18. The summed E-state index contributed by atoms with van der Waals surface area (Å²) in [6, 6.07) is 9.69. The number of nitrogens with zero attached hydrogens (tertiary/aromatic N) is 1. The molecule has 0 atom stereocenters. The van der Waals surface area contributed by atoms with Gasteiger partial charge in [0.25, 0.3) is 11.8 Å². The van der Waals surface area contributed by atoms with E-state index in [-0.39, 0.29) is 15.6 Å². The molecule has 0 radical (unpaired) electrons. The smallest absolute Gasteiger partial charge is 0.285 e. The second-order valence-corrected chi connectivity index (χ2v) is 6.28. The maximum Gasteiger partial charge on any atom is 0.285 e. The molecule has 3 rings (SSSR count). The lowest BCUT2D eigenvalue weighted by Gasteiger charge is -2.15. The fraction of sp³-hybridized carbons (Fsp3) is 0. The molecule has 0 unspecified atom stereocenters. The number of aromatic hydroxyl groups is 1. The van der Waals surface area contributed by atoms with Crippen LogP contribution in [0, 0.1) is 0 Å². The van der Waals surface area contributed by atoms with E-state index in [1.807, 2.05) is 12.1 Å². The van der Waals surface area contributed by atoms with Crippen molar-refractivity contribution in [2.24, 2.45) is 0 Å². The molecule has 2 aromatic rings. The van der Waals surface area contributed by atoms with Crippen LogP contribution in [0.1, 0.15) is 16.1 Å². The Balaban J connectivity index is 1.79. The predicted octanol–water partition coefficient (Wildman–Crippen LogP) is 2.27. The summed E-state index contributed by atoms with van der Waals surface area (Å²) < 4.78 is 0.219. The Hall–Kier alpha value is -2.58. The maximum absolute atomic E-state index is 12.4. The van der Waals surface area contributed by atoms with Gasteiger partial charge in [-0.3, -0.25) is 15.0 Å². The number of hydrogen-bond acceptors (Lipinski definition) is 5. The van der Waals surface area contributed by atoms with Gasteiger partial charge in [0, 0.05) is 11.9 Å². The molecule has 1 aromatic heterocycles. The van der Waals surface area contributed by atoms with Crippen LogP contribution in [0.5, 0.6) is 5.75 Å². The first-order valence-corrected chi connectivity index (χ1v) is 7.79. The van der Waals surface area contributed by atoms with Crippen LogP contribution in [0.3, 0.4) is 0 Å². The van der Waals surface area contributed by atoms with E-state index in [2.05, 4.69) is 10.4 Å². The zero-order chi connectivity index (χ0) is 16.4. The van der Waals surface area contributed by atoms with E-state index in [9.17, 15) is 14.7 Å². The van der Waals surface area contributed by atoms with Crippen molar-refractivity contribution in [1.82, 2.24) is 15.4 Å². The second kappa shape index (κ2) is 6.27. The van der Waals surface area contributed by atoms with Crippen molar-refractivity contribution in [3.8, 4) is 5.75 Å². The van der Waals surface area contributed by atoms with Gasteiger partial charge in [0.1, 0.15) is 5.75 Å². The van der Waals surface area contributed by atoms with Crippen molar-refractivity contribution in [2.75, 3.05) is 0 Å². The molecule has 0 saturated carbocycles. The number of phenolic OH excluding ortho intramolecular Hbond substituents is 1. The molecule has 8 heteroatoms.